The van der Waals surface area contributed by atoms with Crippen LogP contribution in [-0.4, -0.2) is 45.0 Å². The molecular weight excluding hydrogens is 454 g/mol. The van der Waals surface area contributed by atoms with Gasteiger partial charge in [0.15, 0.2) is 5.16 Å². The van der Waals surface area contributed by atoms with Gasteiger partial charge in [0.2, 0.25) is 5.91 Å². The van der Waals surface area contributed by atoms with Crippen LogP contribution in [0, 0.1) is 0 Å². The van der Waals surface area contributed by atoms with Crippen LogP contribution in [0.25, 0.3) is 10.9 Å². The number of benzene rings is 2. The van der Waals surface area contributed by atoms with Crippen LogP contribution in [0.4, 0.5) is 5.69 Å². The molecule has 1 atom stereocenters. The van der Waals surface area contributed by atoms with Crippen molar-refractivity contribution in [2.75, 3.05) is 17.7 Å². The van der Waals surface area contributed by atoms with Crippen LogP contribution in [0.3, 0.4) is 0 Å². The molecule has 34 heavy (non-hydrogen) atoms. The number of nitrogens with zero attached hydrogens (tertiary/aromatic N) is 2. The number of thioether (sulfide) groups is 1. The Labute approximate surface area is 201 Å². The molecule has 9 heteroatoms. The standard InChI is InChI=1S/C25H27N3O5S/c1-2-4-16-6-9-18(10-7-16)26-22(29)15-34-25-27-21-13-17(24(31)32)8-11-20(21)23(30)28(25)14-19-5-3-12-33-19/h6-11,13,19H,2-5,12,14-15H2,1H3,(H,26,29)(H,31,32)/t19-/m1/s1. The lowest BCUT2D eigenvalue weighted by Gasteiger charge is -2.16. The van der Waals surface area contributed by atoms with Gasteiger partial charge in [-0.2, -0.15) is 0 Å². The molecule has 1 aromatic heterocycles. The molecule has 4 rings (SSSR count). The van der Waals surface area contributed by atoms with Crippen LogP contribution in [0.1, 0.15) is 42.1 Å². The molecule has 178 valence electrons. The van der Waals surface area contributed by atoms with Crippen LogP contribution >= 0.6 is 11.8 Å². The molecule has 2 aromatic carbocycles. The van der Waals surface area contributed by atoms with Gasteiger partial charge in [-0.05, 0) is 55.2 Å². The lowest BCUT2D eigenvalue weighted by molar-refractivity contribution is -0.113. The maximum atomic E-state index is 13.2. The van der Waals surface area contributed by atoms with E-state index in [4.69, 9.17) is 4.74 Å². The summed E-state index contributed by atoms with van der Waals surface area (Å²) in [5.41, 5.74) is 2.00. The highest BCUT2D eigenvalue weighted by molar-refractivity contribution is 7.99. The number of carbonyl (C=O) groups is 2. The molecule has 8 nitrogen and oxygen atoms in total. The lowest BCUT2D eigenvalue weighted by atomic mass is 10.1. The summed E-state index contributed by atoms with van der Waals surface area (Å²) in [4.78, 5) is 41.8. The highest BCUT2D eigenvalue weighted by Crippen LogP contribution is 2.22. The number of carboxylic acids is 1. The van der Waals surface area contributed by atoms with E-state index in [9.17, 15) is 19.5 Å². The number of fused-ring (bicyclic) bond motifs is 1. The second-order valence-corrected chi connectivity index (χ2v) is 9.21. The number of amides is 1. The van der Waals surface area contributed by atoms with Crippen molar-refractivity contribution in [2.24, 2.45) is 0 Å². The Hall–Kier alpha value is -3.17. The predicted octanol–water partition coefficient (Wildman–Crippen LogP) is 3.96. The Morgan fingerprint density at radius 1 is 1.24 bits per heavy atom. The molecule has 0 unspecified atom stereocenters. The number of hydrogen-bond acceptors (Lipinski definition) is 6. The molecule has 0 spiro atoms. The zero-order valence-electron chi connectivity index (χ0n) is 19.0. The topological polar surface area (TPSA) is 111 Å². The van der Waals surface area contributed by atoms with E-state index in [2.05, 4.69) is 17.2 Å². The Bertz CT molecular complexity index is 1250. The van der Waals surface area contributed by atoms with Gasteiger partial charge in [0.1, 0.15) is 0 Å². The third kappa shape index (κ3) is 5.66. The minimum absolute atomic E-state index is 0.0523. The van der Waals surface area contributed by atoms with Crippen LogP contribution in [0.15, 0.2) is 52.4 Å². The second-order valence-electron chi connectivity index (χ2n) is 8.27. The van der Waals surface area contributed by atoms with Gasteiger partial charge in [0.05, 0.1) is 34.9 Å². The first-order valence-corrected chi connectivity index (χ1v) is 12.3. The first-order valence-electron chi connectivity index (χ1n) is 11.4. The van der Waals surface area contributed by atoms with Gasteiger partial charge in [0.25, 0.3) is 5.56 Å². The quantitative estimate of drug-likeness (QED) is 0.352. The van der Waals surface area contributed by atoms with Gasteiger partial charge < -0.3 is 15.2 Å². The fourth-order valence-electron chi connectivity index (χ4n) is 3.97. The predicted molar refractivity (Wildman–Crippen MR) is 132 cm³/mol. The number of carbonyl (C=O) groups excluding carboxylic acids is 1. The summed E-state index contributed by atoms with van der Waals surface area (Å²) in [7, 11) is 0. The number of rotatable bonds is 9. The molecular formula is C25H27N3O5S. The van der Waals surface area contributed by atoms with E-state index < -0.39 is 5.97 Å². The maximum absolute atomic E-state index is 13.2. The van der Waals surface area contributed by atoms with Gasteiger partial charge in [-0.15, -0.1) is 0 Å². The third-order valence-electron chi connectivity index (χ3n) is 5.69. The molecule has 3 aromatic rings. The highest BCUT2D eigenvalue weighted by atomic mass is 32.2. The minimum atomic E-state index is -1.09. The van der Waals surface area contributed by atoms with E-state index in [0.717, 1.165) is 37.4 Å². The summed E-state index contributed by atoms with van der Waals surface area (Å²) < 4.78 is 7.25. The van der Waals surface area contributed by atoms with Crippen molar-refractivity contribution in [1.82, 2.24) is 9.55 Å². The molecule has 1 saturated heterocycles. The number of ether oxygens (including phenoxy) is 1. The molecule has 0 aliphatic carbocycles. The van der Waals surface area contributed by atoms with Crippen molar-refractivity contribution < 1.29 is 19.4 Å². The van der Waals surface area contributed by atoms with Crippen LogP contribution in [0.5, 0.6) is 0 Å². The molecule has 1 aliphatic rings. The van der Waals surface area contributed by atoms with Crippen molar-refractivity contribution in [3.8, 4) is 0 Å². The second kappa shape index (κ2) is 10.8. The Kier molecular flexibility index (Phi) is 7.64. The van der Waals surface area contributed by atoms with Gasteiger partial charge >= 0.3 is 5.97 Å². The van der Waals surface area contributed by atoms with Gasteiger partial charge in [-0.3, -0.25) is 14.2 Å². The van der Waals surface area contributed by atoms with E-state index in [-0.39, 0.29) is 28.9 Å². The van der Waals surface area contributed by atoms with Gasteiger partial charge in [-0.1, -0.05) is 37.2 Å². The summed E-state index contributed by atoms with van der Waals surface area (Å²) in [5.74, 6) is -1.25. The first-order chi connectivity index (χ1) is 16.4. The van der Waals surface area contributed by atoms with Crippen LogP contribution in [0.2, 0.25) is 0 Å². The molecule has 0 bridgehead atoms. The minimum Gasteiger partial charge on any atom is -0.478 e. The normalized spacial score (nSPS) is 15.5. The zero-order valence-corrected chi connectivity index (χ0v) is 19.8. The lowest BCUT2D eigenvalue weighted by Crippen LogP contribution is -2.29. The molecule has 1 fully saturated rings. The van der Waals surface area contributed by atoms with E-state index in [1.807, 2.05) is 24.3 Å². The monoisotopic (exact) mass is 481 g/mol. The average Bonchev–Trinajstić information content (AvgIpc) is 3.34. The number of aromatic nitrogens is 2. The number of carboxylic acid groups (broad SMARTS) is 1. The molecule has 1 amide bonds. The van der Waals surface area contributed by atoms with E-state index in [1.54, 1.807) is 0 Å². The summed E-state index contributed by atoms with van der Waals surface area (Å²) in [6.07, 6.45) is 3.74. The largest absolute Gasteiger partial charge is 0.478 e. The van der Waals surface area contributed by atoms with Gasteiger partial charge in [0, 0.05) is 12.3 Å². The fraction of sp³-hybridized carbons (Fsp3) is 0.360. The van der Waals surface area contributed by atoms with Crippen molar-refractivity contribution in [3.05, 3.63) is 63.9 Å². The maximum Gasteiger partial charge on any atom is 0.335 e. The number of hydrogen-bond donors (Lipinski definition) is 2. The Morgan fingerprint density at radius 3 is 2.71 bits per heavy atom. The molecule has 2 N–H and O–H groups in total. The van der Waals surface area contributed by atoms with Gasteiger partial charge in [-0.25, -0.2) is 9.78 Å². The van der Waals surface area contributed by atoms with Crippen LogP contribution < -0.4 is 10.9 Å². The fourth-order valence-corrected chi connectivity index (χ4v) is 4.78. The van der Waals surface area contributed by atoms with Crippen molar-refractivity contribution in [1.29, 1.82) is 0 Å². The van der Waals surface area contributed by atoms with Crippen LogP contribution in [-0.2, 0) is 22.5 Å². The molecule has 1 aliphatic heterocycles. The summed E-state index contributed by atoms with van der Waals surface area (Å²) in [6, 6.07) is 12.0. The molecule has 2 heterocycles. The highest BCUT2D eigenvalue weighted by Gasteiger charge is 2.21. The van der Waals surface area contributed by atoms with E-state index in [1.165, 1.54) is 28.3 Å². The third-order valence-corrected chi connectivity index (χ3v) is 6.66. The van der Waals surface area contributed by atoms with Crippen molar-refractivity contribution >= 4 is 40.2 Å². The summed E-state index contributed by atoms with van der Waals surface area (Å²) in [6.45, 7) is 3.12. The van der Waals surface area contributed by atoms with Crippen molar-refractivity contribution in [3.63, 3.8) is 0 Å². The average molecular weight is 482 g/mol. The zero-order chi connectivity index (χ0) is 24.1. The number of aromatic carboxylic acids is 1. The Balaban J connectivity index is 1.56. The van der Waals surface area contributed by atoms with Crippen molar-refractivity contribution in [2.45, 2.75) is 50.4 Å². The first kappa shape index (κ1) is 24.0. The van der Waals surface area contributed by atoms with E-state index >= 15 is 0 Å². The molecule has 0 saturated carbocycles. The number of anilines is 1. The Morgan fingerprint density at radius 2 is 2.03 bits per heavy atom. The number of aryl methyl sites for hydroxylation is 1. The molecule has 0 radical (unpaired) electrons. The summed E-state index contributed by atoms with van der Waals surface area (Å²) in [5, 5.41) is 12.9. The van der Waals surface area contributed by atoms with E-state index in [0.29, 0.717) is 34.9 Å². The SMILES string of the molecule is CCCc1ccc(NC(=O)CSc2nc3cc(C(=O)O)ccc3c(=O)n2C[C@H]2CCCO2)cc1. The summed E-state index contributed by atoms with van der Waals surface area (Å²) >= 11 is 1.15. The smallest absolute Gasteiger partial charge is 0.335 e. The number of nitrogens with one attached hydrogen (secondary N) is 1.